The highest BCUT2D eigenvalue weighted by molar-refractivity contribution is 7.93. The van der Waals surface area contributed by atoms with Gasteiger partial charge in [-0.3, -0.25) is 9.52 Å². The third-order valence-corrected chi connectivity index (χ3v) is 7.45. The van der Waals surface area contributed by atoms with Crippen LogP contribution in [0, 0.1) is 13.8 Å². The highest BCUT2D eigenvalue weighted by Gasteiger charge is 2.32. The molecule has 4 aromatic heterocycles. The van der Waals surface area contributed by atoms with E-state index in [0.717, 1.165) is 5.56 Å². The third-order valence-electron chi connectivity index (χ3n) is 5.60. The first-order valence-electron chi connectivity index (χ1n) is 10.7. The summed E-state index contributed by atoms with van der Waals surface area (Å²) in [6, 6.07) is 4.90. The Labute approximate surface area is 201 Å². The van der Waals surface area contributed by atoms with Crippen LogP contribution in [0.2, 0.25) is 0 Å². The molecule has 0 aliphatic heterocycles. The van der Waals surface area contributed by atoms with Crippen molar-refractivity contribution >= 4 is 16.0 Å². The quantitative estimate of drug-likeness (QED) is 0.371. The molecule has 0 spiro atoms. The van der Waals surface area contributed by atoms with Gasteiger partial charge in [0.1, 0.15) is 17.3 Å². The molecule has 0 aliphatic rings. The van der Waals surface area contributed by atoms with Crippen LogP contribution in [0.4, 0.5) is 5.95 Å². The van der Waals surface area contributed by atoms with E-state index in [4.69, 9.17) is 9.15 Å². The molecule has 0 aliphatic carbocycles. The van der Waals surface area contributed by atoms with Gasteiger partial charge in [0.05, 0.1) is 12.4 Å². The van der Waals surface area contributed by atoms with E-state index < -0.39 is 26.8 Å². The van der Waals surface area contributed by atoms with Gasteiger partial charge in [-0.05, 0) is 44.5 Å². The van der Waals surface area contributed by atoms with Crippen LogP contribution in [-0.4, -0.2) is 50.5 Å². The molecule has 184 valence electrons. The number of aryl methyl sites for hydroxylation is 2. The summed E-state index contributed by atoms with van der Waals surface area (Å²) >= 11 is 0. The normalized spacial score (nSPS) is 13.4. The van der Waals surface area contributed by atoms with Gasteiger partial charge in [-0.25, -0.2) is 23.0 Å². The van der Waals surface area contributed by atoms with Crippen molar-refractivity contribution in [2.45, 2.75) is 38.9 Å². The second-order valence-corrected chi connectivity index (χ2v) is 10.1. The lowest BCUT2D eigenvalue weighted by Crippen LogP contribution is -2.32. The molecule has 0 amide bonds. The van der Waals surface area contributed by atoms with Gasteiger partial charge in [-0.15, -0.1) is 10.2 Å². The van der Waals surface area contributed by atoms with Gasteiger partial charge in [-0.1, -0.05) is 6.92 Å². The lowest BCUT2D eigenvalue weighted by molar-refractivity contribution is 0.411. The first-order valence-corrected chi connectivity index (χ1v) is 12.3. The van der Waals surface area contributed by atoms with Gasteiger partial charge in [0, 0.05) is 24.5 Å². The maximum absolute atomic E-state index is 13.4. The molecule has 0 bridgehead atoms. The van der Waals surface area contributed by atoms with E-state index in [9.17, 15) is 13.2 Å². The molecule has 4 heterocycles. The third kappa shape index (κ3) is 4.67. The number of sulfonamides is 1. The standard InChI is InChI=1S/C22H25N7O5S/c1-12-10-24-19(25-11-12)14(3)15(4)35(31,32)28-22-27-26-20(17-7-6-13(2)34-17)29(22)18-16(33-5)8-9-23-21(18)30/h6-11,14-15H,1-5H3,(H,23,30)(H,27,28)/t14-,15-/m0/s1. The molecule has 0 fully saturated rings. The van der Waals surface area contributed by atoms with Crippen molar-refractivity contribution < 1.29 is 17.6 Å². The maximum Gasteiger partial charge on any atom is 0.276 e. The number of anilines is 1. The number of pyridine rings is 1. The summed E-state index contributed by atoms with van der Waals surface area (Å²) in [5, 5.41) is 7.19. The number of furan rings is 1. The van der Waals surface area contributed by atoms with E-state index in [1.165, 1.54) is 23.9 Å². The molecule has 0 saturated heterocycles. The number of ether oxygens (including phenoxy) is 1. The number of aromatic amines is 1. The van der Waals surface area contributed by atoms with Crippen molar-refractivity contribution in [3.8, 4) is 23.0 Å². The summed E-state index contributed by atoms with van der Waals surface area (Å²) in [5.74, 6) is 0.856. The zero-order valence-electron chi connectivity index (χ0n) is 19.8. The van der Waals surface area contributed by atoms with Crippen LogP contribution >= 0.6 is 0 Å². The fourth-order valence-electron chi connectivity index (χ4n) is 3.44. The molecule has 4 aromatic rings. The molecule has 0 saturated carbocycles. The van der Waals surface area contributed by atoms with Crippen molar-refractivity contribution in [3.63, 3.8) is 0 Å². The van der Waals surface area contributed by atoms with Gasteiger partial charge >= 0.3 is 0 Å². The van der Waals surface area contributed by atoms with Crippen molar-refractivity contribution in [1.82, 2.24) is 29.7 Å². The Kier molecular flexibility index (Phi) is 6.43. The van der Waals surface area contributed by atoms with Crippen LogP contribution in [0.15, 0.2) is 46.0 Å². The number of hydrogen-bond donors (Lipinski definition) is 2. The molecule has 13 heteroatoms. The van der Waals surface area contributed by atoms with Crippen molar-refractivity contribution in [1.29, 1.82) is 0 Å². The molecule has 12 nitrogen and oxygen atoms in total. The minimum atomic E-state index is -4.03. The number of aromatic nitrogens is 6. The molecular formula is C22H25N7O5S. The summed E-state index contributed by atoms with van der Waals surface area (Å²) in [4.78, 5) is 23.9. The second kappa shape index (κ2) is 9.33. The Morgan fingerprint density at radius 2 is 1.83 bits per heavy atom. The molecule has 2 N–H and O–H groups in total. The first kappa shape index (κ1) is 24.1. The van der Waals surface area contributed by atoms with Crippen LogP contribution in [-0.2, 0) is 10.0 Å². The average molecular weight is 500 g/mol. The fraction of sp³-hybridized carbons (Fsp3) is 0.318. The maximum atomic E-state index is 13.4. The van der Waals surface area contributed by atoms with E-state index in [1.54, 1.807) is 45.3 Å². The number of hydrogen-bond acceptors (Lipinski definition) is 9. The van der Waals surface area contributed by atoms with Crippen LogP contribution in [0.25, 0.3) is 17.3 Å². The van der Waals surface area contributed by atoms with Crippen LogP contribution < -0.4 is 15.0 Å². The Hall–Kier alpha value is -4.00. The number of nitrogens with zero attached hydrogens (tertiary/aromatic N) is 5. The smallest absolute Gasteiger partial charge is 0.276 e. The van der Waals surface area contributed by atoms with E-state index in [2.05, 4.69) is 29.9 Å². The zero-order chi connectivity index (χ0) is 25.3. The number of H-pyrrole nitrogens is 1. The Balaban J connectivity index is 1.80. The largest absolute Gasteiger partial charge is 0.494 e. The molecule has 4 rings (SSSR count). The Morgan fingerprint density at radius 3 is 2.46 bits per heavy atom. The lowest BCUT2D eigenvalue weighted by Gasteiger charge is -2.20. The Morgan fingerprint density at radius 1 is 1.11 bits per heavy atom. The summed E-state index contributed by atoms with van der Waals surface area (Å²) in [6.45, 7) is 6.87. The first-order chi connectivity index (χ1) is 16.6. The molecular weight excluding hydrogens is 474 g/mol. The zero-order valence-corrected chi connectivity index (χ0v) is 20.6. The van der Waals surface area contributed by atoms with Gasteiger partial charge in [-0.2, -0.15) is 0 Å². The lowest BCUT2D eigenvalue weighted by atomic mass is 10.1. The topological polar surface area (TPSA) is 158 Å². The average Bonchev–Trinajstić information content (AvgIpc) is 3.43. The number of nitrogens with one attached hydrogen (secondary N) is 2. The summed E-state index contributed by atoms with van der Waals surface area (Å²) in [5.41, 5.74) is 0.318. The number of rotatable bonds is 8. The molecule has 2 atom stereocenters. The van der Waals surface area contributed by atoms with Crippen LogP contribution in [0.3, 0.4) is 0 Å². The highest BCUT2D eigenvalue weighted by Crippen LogP contribution is 2.31. The van der Waals surface area contributed by atoms with Gasteiger partial charge in [0.2, 0.25) is 21.8 Å². The Bertz CT molecular complexity index is 1510. The van der Waals surface area contributed by atoms with E-state index in [1.807, 2.05) is 6.92 Å². The van der Waals surface area contributed by atoms with Crippen molar-refractivity contribution in [3.05, 3.63) is 64.3 Å². The monoisotopic (exact) mass is 499 g/mol. The van der Waals surface area contributed by atoms with Crippen LogP contribution in [0.5, 0.6) is 5.75 Å². The molecule has 0 aromatic carbocycles. The van der Waals surface area contributed by atoms with Gasteiger partial charge in [0.15, 0.2) is 11.4 Å². The predicted octanol–water partition coefficient (Wildman–Crippen LogP) is 2.56. The summed E-state index contributed by atoms with van der Waals surface area (Å²) in [6.07, 6.45) is 4.68. The van der Waals surface area contributed by atoms with Gasteiger partial charge < -0.3 is 14.1 Å². The SMILES string of the molecule is COc1cc[nH]c(=O)c1-n1c(NS(=O)(=O)[C@@H](C)[C@H](C)c2ncc(C)cn2)nnc1-c1ccc(C)o1. The van der Waals surface area contributed by atoms with E-state index in [-0.39, 0.29) is 23.2 Å². The van der Waals surface area contributed by atoms with Crippen LogP contribution in [0.1, 0.15) is 36.9 Å². The minimum absolute atomic E-state index is 0.00989. The highest BCUT2D eigenvalue weighted by atomic mass is 32.2. The van der Waals surface area contributed by atoms with Crippen molar-refractivity contribution in [2.75, 3.05) is 11.8 Å². The summed E-state index contributed by atoms with van der Waals surface area (Å²) < 4.78 is 41.5. The van der Waals surface area contributed by atoms with E-state index >= 15 is 0 Å². The molecule has 0 unspecified atom stereocenters. The van der Waals surface area contributed by atoms with Gasteiger partial charge in [0.25, 0.3) is 5.56 Å². The van der Waals surface area contributed by atoms with E-state index in [0.29, 0.717) is 17.3 Å². The number of methoxy groups -OCH3 is 1. The second-order valence-electron chi connectivity index (χ2n) is 8.08. The molecule has 35 heavy (non-hydrogen) atoms. The molecule has 0 radical (unpaired) electrons. The predicted molar refractivity (Wildman–Crippen MR) is 128 cm³/mol. The van der Waals surface area contributed by atoms with Crippen molar-refractivity contribution in [2.24, 2.45) is 0 Å². The minimum Gasteiger partial charge on any atom is -0.494 e. The fourth-order valence-corrected chi connectivity index (χ4v) is 4.67. The summed E-state index contributed by atoms with van der Waals surface area (Å²) in [7, 11) is -2.64.